The maximum absolute atomic E-state index is 12.4. The number of nitrogens with one attached hydrogen (secondary N) is 2. The Kier molecular flexibility index (Phi) is 6.71. The lowest BCUT2D eigenvalue weighted by atomic mass is 10.3. The van der Waals surface area contributed by atoms with Crippen molar-refractivity contribution >= 4 is 33.3 Å². The van der Waals surface area contributed by atoms with Crippen LogP contribution in [0.3, 0.4) is 0 Å². The van der Waals surface area contributed by atoms with E-state index in [-0.39, 0.29) is 21.9 Å². The molecule has 2 rings (SSSR count). The molecule has 0 aliphatic heterocycles. The van der Waals surface area contributed by atoms with Gasteiger partial charge in [-0.25, -0.2) is 17.9 Å². The van der Waals surface area contributed by atoms with Crippen molar-refractivity contribution in [2.24, 2.45) is 0 Å². The number of thiophene rings is 1. The lowest BCUT2D eigenvalue weighted by molar-refractivity contribution is 0.202. The number of nitrogens with zero attached hydrogens (tertiary/aromatic N) is 2. The molecule has 2 amide bonds. The van der Waals surface area contributed by atoms with Crippen LogP contribution in [-0.4, -0.2) is 52.4 Å². The Morgan fingerprint density at radius 2 is 1.85 bits per heavy atom. The molecule has 0 fully saturated rings. The van der Waals surface area contributed by atoms with Crippen molar-refractivity contribution in [3.05, 3.63) is 23.1 Å². The summed E-state index contributed by atoms with van der Waals surface area (Å²) in [5.74, 6) is 0.130. The Bertz CT molecular complexity index is 846. The average Bonchev–Trinajstić information content (AvgIpc) is 3.08. The molecule has 26 heavy (non-hydrogen) atoms. The molecular formula is C14H18N4O6S2. The van der Waals surface area contributed by atoms with Crippen molar-refractivity contribution in [2.75, 3.05) is 33.3 Å². The Hall–Kier alpha value is -2.44. The zero-order chi connectivity index (χ0) is 19.2. The van der Waals surface area contributed by atoms with Crippen molar-refractivity contribution in [3.8, 4) is 11.8 Å². The number of anilines is 1. The van der Waals surface area contributed by atoms with Crippen LogP contribution < -0.4 is 19.5 Å². The number of urea groups is 1. The average molecular weight is 402 g/mol. The Morgan fingerprint density at radius 1 is 1.19 bits per heavy atom. The predicted molar refractivity (Wildman–Crippen MR) is 94.4 cm³/mol. The summed E-state index contributed by atoms with van der Waals surface area (Å²) in [7, 11) is 0.243. The topological polar surface area (TPSA) is 129 Å². The maximum atomic E-state index is 12.4. The van der Waals surface area contributed by atoms with E-state index in [0.29, 0.717) is 18.6 Å². The summed E-state index contributed by atoms with van der Waals surface area (Å²) in [6.45, 7) is 0.364. The van der Waals surface area contributed by atoms with Gasteiger partial charge in [-0.1, -0.05) is 0 Å². The van der Waals surface area contributed by atoms with Crippen LogP contribution in [-0.2, 0) is 21.2 Å². The molecule has 2 N–H and O–H groups in total. The highest BCUT2D eigenvalue weighted by Crippen LogP contribution is 2.23. The number of hydrogen-bond donors (Lipinski definition) is 2. The van der Waals surface area contributed by atoms with Crippen LogP contribution in [0, 0.1) is 0 Å². The van der Waals surface area contributed by atoms with E-state index in [0.717, 1.165) is 11.3 Å². The van der Waals surface area contributed by atoms with E-state index in [1.807, 2.05) is 4.72 Å². The zero-order valence-electron chi connectivity index (χ0n) is 14.3. The summed E-state index contributed by atoms with van der Waals surface area (Å²) < 4.78 is 41.7. The molecule has 0 radical (unpaired) electrons. The minimum absolute atomic E-state index is 0.0499. The molecule has 0 aromatic carbocycles. The second-order valence-corrected chi connectivity index (χ2v) is 7.61. The number of sulfonamides is 1. The molecule has 0 saturated carbocycles. The van der Waals surface area contributed by atoms with Gasteiger partial charge in [0.15, 0.2) is 0 Å². The number of carbonyl (C=O) groups is 1. The summed E-state index contributed by atoms with van der Waals surface area (Å²) in [5, 5.41) is 3.87. The number of methoxy groups -OCH3 is 3. The first-order chi connectivity index (χ1) is 12.4. The largest absolute Gasteiger partial charge is 0.481 e. The number of carbonyl (C=O) groups excluding carboxylic acids is 1. The third-order valence-electron chi connectivity index (χ3n) is 3.08. The van der Waals surface area contributed by atoms with Gasteiger partial charge in [0, 0.05) is 7.11 Å². The molecule has 0 aliphatic carbocycles. The fraction of sp³-hybridized carbons (Fsp3) is 0.357. The molecular weight excluding hydrogens is 384 g/mol. The molecule has 0 atom stereocenters. The van der Waals surface area contributed by atoms with Crippen molar-refractivity contribution < 1.29 is 27.4 Å². The van der Waals surface area contributed by atoms with Gasteiger partial charge in [-0.05, 0) is 23.4 Å². The van der Waals surface area contributed by atoms with Crippen LogP contribution in [0.1, 0.15) is 5.56 Å². The first-order valence-electron chi connectivity index (χ1n) is 7.25. The molecule has 0 saturated heterocycles. The highest BCUT2D eigenvalue weighted by atomic mass is 32.2. The standard InChI is InChI=1S/C14H18N4O6S2/c1-22-6-4-9-5-7-25-12(9)26(20,21)18-14(19)17-13-15-10(23-2)8-11(16-13)24-3/h5,7-8H,4,6H2,1-3H3,(H2,15,16,17,18,19). The zero-order valence-corrected chi connectivity index (χ0v) is 15.9. The van der Waals surface area contributed by atoms with Crippen molar-refractivity contribution in [1.82, 2.24) is 14.7 Å². The van der Waals surface area contributed by atoms with Crippen molar-refractivity contribution in [2.45, 2.75) is 10.6 Å². The van der Waals surface area contributed by atoms with E-state index < -0.39 is 16.1 Å². The van der Waals surface area contributed by atoms with Gasteiger partial charge in [0.05, 0.1) is 26.9 Å². The molecule has 0 aliphatic rings. The number of rotatable bonds is 8. The number of ether oxygens (including phenoxy) is 3. The molecule has 12 heteroatoms. The fourth-order valence-corrected chi connectivity index (χ4v) is 4.30. The first-order valence-corrected chi connectivity index (χ1v) is 9.62. The third kappa shape index (κ3) is 5.03. The summed E-state index contributed by atoms with van der Waals surface area (Å²) in [6.07, 6.45) is 0.411. The quantitative estimate of drug-likeness (QED) is 0.675. The van der Waals surface area contributed by atoms with Gasteiger partial charge in [0.1, 0.15) is 4.21 Å². The second-order valence-electron chi connectivity index (χ2n) is 4.81. The van der Waals surface area contributed by atoms with E-state index in [9.17, 15) is 13.2 Å². The highest BCUT2D eigenvalue weighted by Gasteiger charge is 2.23. The third-order valence-corrected chi connectivity index (χ3v) is 5.98. The number of amides is 2. The molecule has 2 aromatic heterocycles. The van der Waals surface area contributed by atoms with Gasteiger partial charge in [0.25, 0.3) is 10.0 Å². The molecule has 0 bridgehead atoms. The molecule has 0 unspecified atom stereocenters. The molecule has 2 aromatic rings. The van der Waals surface area contributed by atoms with Gasteiger partial charge >= 0.3 is 6.03 Å². The molecule has 2 heterocycles. The van der Waals surface area contributed by atoms with E-state index in [1.165, 1.54) is 27.4 Å². The summed E-state index contributed by atoms with van der Waals surface area (Å²) in [4.78, 5) is 19.9. The van der Waals surface area contributed by atoms with Crippen LogP contribution >= 0.6 is 11.3 Å². The fourth-order valence-electron chi connectivity index (χ4n) is 1.92. The summed E-state index contributed by atoms with van der Waals surface area (Å²) in [6, 6.07) is 2.08. The lowest BCUT2D eigenvalue weighted by Crippen LogP contribution is -2.35. The van der Waals surface area contributed by atoms with Gasteiger partial charge in [-0.15, -0.1) is 11.3 Å². The van der Waals surface area contributed by atoms with Gasteiger partial charge in [-0.3, -0.25) is 5.32 Å². The van der Waals surface area contributed by atoms with Gasteiger partial charge < -0.3 is 14.2 Å². The minimum Gasteiger partial charge on any atom is -0.481 e. The van der Waals surface area contributed by atoms with Gasteiger partial charge in [0.2, 0.25) is 17.7 Å². The minimum atomic E-state index is -4.05. The van der Waals surface area contributed by atoms with E-state index in [2.05, 4.69) is 15.3 Å². The number of aromatic nitrogens is 2. The molecule has 10 nitrogen and oxygen atoms in total. The first kappa shape index (κ1) is 19.9. The maximum Gasteiger partial charge on any atom is 0.335 e. The lowest BCUT2D eigenvalue weighted by Gasteiger charge is -2.10. The van der Waals surface area contributed by atoms with E-state index in [4.69, 9.17) is 14.2 Å². The van der Waals surface area contributed by atoms with Crippen LogP contribution in [0.2, 0.25) is 0 Å². The second kappa shape index (κ2) is 8.78. The highest BCUT2D eigenvalue weighted by molar-refractivity contribution is 7.92. The molecule has 142 valence electrons. The van der Waals surface area contributed by atoms with E-state index >= 15 is 0 Å². The van der Waals surface area contributed by atoms with Crippen LogP contribution in [0.5, 0.6) is 11.8 Å². The SMILES string of the molecule is COCCc1ccsc1S(=O)(=O)NC(=O)Nc1nc(OC)cc(OC)n1. The Labute approximate surface area is 154 Å². The Balaban J connectivity index is 2.13. The molecule has 0 spiro atoms. The van der Waals surface area contributed by atoms with Crippen LogP contribution in [0.15, 0.2) is 21.7 Å². The number of hydrogen-bond acceptors (Lipinski definition) is 9. The summed E-state index contributed by atoms with van der Waals surface area (Å²) >= 11 is 1.01. The van der Waals surface area contributed by atoms with Crippen LogP contribution in [0.4, 0.5) is 10.7 Å². The normalized spacial score (nSPS) is 11.0. The predicted octanol–water partition coefficient (Wildman–Crippen LogP) is 1.25. The van der Waals surface area contributed by atoms with Crippen molar-refractivity contribution in [3.63, 3.8) is 0 Å². The Morgan fingerprint density at radius 3 is 2.42 bits per heavy atom. The van der Waals surface area contributed by atoms with Gasteiger partial charge in [-0.2, -0.15) is 9.97 Å². The summed E-state index contributed by atoms with van der Waals surface area (Å²) in [5.41, 5.74) is 0.566. The monoisotopic (exact) mass is 402 g/mol. The van der Waals surface area contributed by atoms with Crippen LogP contribution in [0.25, 0.3) is 0 Å². The van der Waals surface area contributed by atoms with Crippen molar-refractivity contribution in [1.29, 1.82) is 0 Å². The van der Waals surface area contributed by atoms with E-state index in [1.54, 1.807) is 11.4 Å². The smallest absolute Gasteiger partial charge is 0.335 e.